The number of nitrogens with zero attached hydrogens (tertiary/aromatic N) is 1. The maximum atomic E-state index is 6.06. The molecule has 0 saturated heterocycles. The van der Waals surface area contributed by atoms with Crippen LogP contribution in [0, 0.1) is 0 Å². The Labute approximate surface area is 118 Å². The van der Waals surface area contributed by atoms with Crippen LogP contribution >= 0.6 is 23.4 Å². The van der Waals surface area contributed by atoms with Crippen molar-refractivity contribution in [3.8, 4) is 0 Å². The number of allylic oxidation sites excluding steroid dienone is 1. The molecule has 0 aliphatic carbocycles. The number of quaternary nitrogens is 1. The summed E-state index contributed by atoms with van der Waals surface area (Å²) in [6.07, 6.45) is 5.14. The molecular formula is C12H16BrCl2N. The van der Waals surface area contributed by atoms with E-state index < -0.39 is 0 Å². The van der Waals surface area contributed by atoms with E-state index in [4.69, 9.17) is 23.4 Å². The molecule has 0 heterocycles. The van der Waals surface area contributed by atoms with Crippen molar-refractivity contribution < 1.29 is 21.0 Å². The van der Waals surface area contributed by atoms with Crippen molar-refractivity contribution in [1.29, 1.82) is 0 Å². The molecule has 0 aromatic heterocycles. The minimum absolute atomic E-state index is 0. The summed E-state index contributed by atoms with van der Waals surface area (Å²) in [6, 6.07) is 10.7. The van der Waals surface area contributed by atoms with Crippen molar-refractivity contribution in [1.82, 2.24) is 0 Å². The van der Waals surface area contributed by atoms with E-state index in [1.54, 1.807) is 0 Å². The topological polar surface area (TPSA) is 0 Å². The first-order chi connectivity index (χ1) is 7.14. The highest BCUT2D eigenvalue weighted by Crippen LogP contribution is 2.09. The molecule has 4 heteroatoms. The Bertz CT molecular complexity index is 312. The lowest BCUT2D eigenvalue weighted by atomic mass is 10.1. The Morgan fingerprint density at radius 2 is 1.81 bits per heavy atom. The number of benzene rings is 1. The summed E-state index contributed by atoms with van der Waals surface area (Å²) in [5.74, 6) is 0. The largest absolute Gasteiger partial charge is 1.00 e. The molecule has 1 aromatic carbocycles. The van der Waals surface area contributed by atoms with Crippen molar-refractivity contribution in [2.24, 2.45) is 0 Å². The van der Waals surface area contributed by atoms with Gasteiger partial charge in [0.2, 0.25) is 0 Å². The Balaban J connectivity index is 0.00000225. The van der Waals surface area contributed by atoms with Crippen molar-refractivity contribution in [3.63, 3.8) is 0 Å². The fourth-order valence-electron chi connectivity index (χ4n) is 1.18. The minimum atomic E-state index is 0. The van der Waals surface area contributed by atoms with Gasteiger partial charge in [0.25, 0.3) is 0 Å². The molecule has 0 spiro atoms. The first kappa shape index (κ1) is 16.0. The molecule has 0 radical (unpaired) electrons. The van der Waals surface area contributed by atoms with Gasteiger partial charge in [-0.1, -0.05) is 48.0 Å². The number of rotatable bonds is 5. The molecule has 0 bridgehead atoms. The summed E-state index contributed by atoms with van der Waals surface area (Å²) in [5, 5.41) is 0. The van der Waals surface area contributed by atoms with Gasteiger partial charge in [-0.15, -0.1) is 0 Å². The van der Waals surface area contributed by atoms with Crippen LogP contribution in [0.4, 0.5) is 0 Å². The molecule has 1 atom stereocenters. The molecule has 0 amide bonds. The molecule has 1 rings (SSSR count). The fourth-order valence-corrected chi connectivity index (χ4v) is 1.35. The number of alkyl halides is 1. The fraction of sp³-hybridized carbons (Fsp3) is 0.333. The monoisotopic (exact) mass is 323 g/mol. The van der Waals surface area contributed by atoms with E-state index in [1.165, 1.54) is 5.56 Å². The van der Waals surface area contributed by atoms with E-state index in [9.17, 15) is 0 Å². The van der Waals surface area contributed by atoms with E-state index in [0.29, 0.717) is 10.0 Å². The standard InChI is InChI=1S/C12H16Cl2N.BrH/c1-15(14,11-13)10-6-5-9-12-7-3-2-4-8-12;/h2-8H,9-11H2,1H3;1H/q+1;/p-1. The zero-order valence-corrected chi connectivity index (χ0v) is 12.3. The first-order valence-corrected chi connectivity index (χ1v) is 5.80. The summed E-state index contributed by atoms with van der Waals surface area (Å²) in [7, 11) is 1.89. The van der Waals surface area contributed by atoms with Crippen molar-refractivity contribution >= 4 is 23.4 Å². The number of likely N-dealkylation sites (N-methyl/N-ethyl adjacent to an activating group) is 1. The summed E-state index contributed by atoms with van der Waals surface area (Å²) in [5.41, 5.74) is 1.31. The maximum Gasteiger partial charge on any atom is 0.171 e. The molecule has 0 saturated carbocycles. The lowest BCUT2D eigenvalue weighted by molar-refractivity contribution is -0.774. The molecule has 0 N–H and O–H groups in total. The van der Waals surface area contributed by atoms with Crippen LogP contribution in [-0.2, 0) is 6.42 Å². The zero-order chi connectivity index (χ0) is 11.1. The van der Waals surface area contributed by atoms with Gasteiger partial charge >= 0.3 is 0 Å². The molecule has 0 aliphatic heterocycles. The van der Waals surface area contributed by atoms with Crippen LogP contribution in [0.3, 0.4) is 0 Å². The highest BCUT2D eigenvalue weighted by Gasteiger charge is 2.14. The summed E-state index contributed by atoms with van der Waals surface area (Å²) >= 11 is 11.8. The Hall–Kier alpha value is -0.0200. The maximum absolute atomic E-state index is 6.06. The Morgan fingerprint density at radius 1 is 1.19 bits per heavy atom. The van der Waals surface area contributed by atoms with E-state index in [2.05, 4.69) is 24.3 Å². The second kappa shape index (κ2) is 8.13. The van der Waals surface area contributed by atoms with Crippen LogP contribution in [0.1, 0.15) is 5.56 Å². The van der Waals surface area contributed by atoms with Crippen molar-refractivity contribution in [2.45, 2.75) is 6.42 Å². The molecular weight excluding hydrogens is 309 g/mol. The molecule has 1 aromatic rings. The third kappa shape index (κ3) is 6.54. The number of hydrogen-bond acceptors (Lipinski definition) is 0. The van der Waals surface area contributed by atoms with Crippen molar-refractivity contribution in [3.05, 3.63) is 48.0 Å². The zero-order valence-electron chi connectivity index (χ0n) is 9.24. The smallest absolute Gasteiger partial charge is 0.171 e. The predicted molar refractivity (Wildman–Crippen MR) is 66.9 cm³/mol. The van der Waals surface area contributed by atoms with Crippen LogP contribution in [0.5, 0.6) is 0 Å². The highest BCUT2D eigenvalue weighted by atomic mass is 79.9. The minimum Gasteiger partial charge on any atom is -1.00 e. The molecule has 90 valence electrons. The van der Waals surface area contributed by atoms with Gasteiger partial charge in [-0.3, -0.25) is 0 Å². The second-order valence-electron chi connectivity index (χ2n) is 3.73. The predicted octanol–water partition coefficient (Wildman–Crippen LogP) is 0.586. The average molecular weight is 325 g/mol. The summed E-state index contributed by atoms with van der Waals surface area (Å²) < 4.78 is 0.298. The molecule has 1 unspecified atom stereocenters. The third-order valence-electron chi connectivity index (χ3n) is 2.10. The van der Waals surface area contributed by atoms with Gasteiger partial charge in [0.1, 0.15) is 6.54 Å². The third-order valence-corrected chi connectivity index (χ3v) is 3.01. The molecule has 0 fully saturated rings. The Kier molecular flexibility index (Phi) is 8.12. The van der Waals surface area contributed by atoms with Crippen LogP contribution in [-0.4, -0.2) is 23.6 Å². The van der Waals surface area contributed by atoms with Crippen molar-refractivity contribution in [2.75, 3.05) is 19.6 Å². The van der Waals surface area contributed by atoms with Gasteiger partial charge in [0.05, 0.1) is 7.05 Å². The SMILES string of the molecule is C[N+](Cl)(CCl)CC=CCc1ccccc1.[Br-]. The lowest BCUT2D eigenvalue weighted by Gasteiger charge is -2.18. The van der Waals surface area contributed by atoms with Gasteiger partial charge in [-0.05, 0) is 18.1 Å². The van der Waals surface area contributed by atoms with Gasteiger partial charge in [-0.2, -0.15) is 0 Å². The van der Waals surface area contributed by atoms with E-state index in [1.807, 2.05) is 25.2 Å². The highest BCUT2D eigenvalue weighted by molar-refractivity contribution is 6.19. The van der Waals surface area contributed by atoms with Gasteiger partial charge in [0, 0.05) is 0 Å². The van der Waals surface area contributed by atoms with E-state index in [0.717, 1.165) is 13.0 Å². The van der Waals surface area contributed by atoms with Crippen LogP contribution < -0.4 is 17.0 Å². The van der Waals surface area contributed by atoms with E-state index >= 15 is 0 Å². The quantitative estimate of drug-likeness (QED) is 0.322. The van der Waals surface area contributed by atoms with Crippen LogP contribution in [0.15, 0.2) is 42.5 Å². The average Bonchev–Trinajstić information content (AvgIpc) is 2.26. The normalized spacial score (nSPS) is 14.4. The van der Waals surface area contributed by atoms with E-state index in [-0.39, 0.29) is 17.0 Å². The van der Waals surface area contributed by atoms with Gasteiger partial charge < -0.3 is 17.0 Å². The first-order valence-electron chi connectivity index (χ1n) is 4.93. The van der Waals surface area contributed by atoms with Gasteiger partial charge in [-0.25, -0.2) is 4.00 Å². The summed E-state index contributed by atoms with van der Waals surface area (Å²) in [4.78, 5) is 0. The Morgan fingerprint density at radius 3 is 2.38 bits per heavy atom. The lowest BCUT2D eigenvalue weighted by Crippen LogP contribution is -3.00. The van der Waals surface area contributed by atoms with Gasteiger partial charge in [0.15, 0.2) is 17.8 Å². The molecule has 1 nitrogen and oxygen atoms in total. The summed E-state index contributed by atoms with van der Waals surface area (Å²) in [6.45, 7) is 0.748. The van der Waals surface area contributed by atoms with Crippen LogP contribution in [0.25, 0.3) is 0 Å². The number of halogens is 3. The molecule has 16 heavy (non-hydrogen) atoms. The van der Waals surface area contributed by atoms with Crippen LogP contribution in [0.2, 0.25) is 0 Å². The number of hydrogen-bond donors (Lipinski definition) is 0. The molecule has 0 aliphatic rings. The second-order valence-corrected chi connectivity index (χ2v) is 4.78.